The Balaban J connectivity index is 1.46. The van der Waals surface area contributed by atoms with Gasteiger partial charge in [0.1, 0.15) is 16.4 Å². The summed E-state index contributed by atoms with van der Waals surface area (Å²) in [7, 11) is -4.20. The van der Waals surface area contributed by atoms with Crippen molar-refractivity contribution in [3.8, 4) is 11.5 Å². The van der Waals surface area contributed by atoms with Crippen molar-refractivity contribution in [1.29, 1.82) is 0 Å². The second-order valence-corrected chi connectivity index (χ2v) is 10.1. The van der Waals surface area contributed by atoms with Gasteiger partial charge < -0.3 is 9.55 Å². The average Bonchev–Trinajstić information content (AvgIpc) is 3.47. The van der Waals surface area contributed by atoms with Gasteiger partial charge in [-0.15, -0.1) is 0 Å². The maximum atomic E-state index is 15.5. The van der Waals surface area contributed by atoms with E-state index in [2.05, 4.69) is 24.7 Å². The molecule has 0 radical (unpaired) electrons. The number of hydrogen-bond acceptors (Lipinski definition) is 5. The number of anilines is 1. The highest BCUT2D eigenvalue weighted by Gasteiger charge is 2.30. The number of fused-ring (bicyclic) bond motifs is 1. The molecule has 0 amide bonds. The van der Waals surface area contributed by atoms with E-state index in [-0.39, 0.29) is 26.9 Å². The standard InChI is InChI=1S/C22H19ClF2N6O2S/c1-12-18(8-14(23)9-28-12)34(32,33)30-16-4-3-15(24)19(20(16)25)13-2-5-17-21(22-26-6-7-27-22)29-11-31(17)10-13/h3-4,6-9,11,13,30H,2,5,10H2,1H3,(H,26,27)/t13-/m1/s1. The van der Waals surface area contributed by atoms with Crippen molar-refractivity contribution in [1.82, 2.24) is 24.5 Å². The van der Waals surface area contributed by atoms with Crippen LogP contribution in [0.1, 0.15) is 29.3 Å². The lowest BCUT2D eigenvalue weighted by Crippen LogP contribution is -2.22. The molecule has 0 saturated heterocycles. The first-order valence-corrected chi connectivity index (χ1v) is 12.3. The number of halogens is 3. The Kier molecular flexibility index (Phi) is 5.61. The molecule has 12 heteroatoms. The van der Waals surface area contributed by atoms with E-state index in [0.29, 0.717) is 30.9 Å². The Morgan fingerprint density at radius 1 is 1.24 bits per heavy atom. The molecule has 1 aromatic carbocycles. The quantitative estimate of drug-likeness (QED) is 0.418. The van der Waals surface area contributed by atoms with Crippen LogP contribution >= 0.6 is 11.6 Å². The first-order valence-electron chi connectivity index (χ1n) is 10.4. The van der Waals surface area contributed by atoms with Crippen LogP contribution in [0.3, 0.4) is 0 Å². The third kappa shape index (κ3) is 3.94. The molecule has 0 spiro atoms. The van der Waals surface area contributed by atoms with Crippen LogP contribution in [0.15, 0.2) is 48.0 Å². The molecule has 1 aliphatic rings. The Labute approximate surface area is 199 Å². The van der Waals surface area contributed by atoms with Crippen LogP contribution in [0.2, 0.25) is 5.02 Å². The van der Waals surface area contributed by atoms with Crippen molar-refractivity contribution in [2.75, 3.05) is 4.72 Å². The molecule has 2 N–H and O–H groups in total. The van der Waals surface area contributed by atoms with Crippen LogP contribution in [0, 0.1) is 18.6 Å². The molecule has 3 aromatic heterocycles. The summed E-state index contributed by atoms with van der Waals surface area (Å²) in [6, 6.07) is 3.36. The van der Waals surface area contributed by atoms with Crippen molar-refractivity contribution in [3.63, 3.8) is 0 Å². The van der Waals surface area contributed by atoms with Gasteiger partial charge in [0.25, 0.3) is 10.0 Å². The van der Waals surface area contributed by atoms with Gasteiger partial charge >= 0.3 is 0 Å². The molecule has 176 valence electrons. The molecule has 5 rings (SSSR count). The first-order chi connectivity index (χ1) is 16.2. The van der Waals surface area contributed by atoms with Crippen molar-refractivity contribution >= 4 is 27.3 Å². The van der Waals surface area contributed by atoms with E-state index in [1.165, 1.54) is 19.2 Å². The fourth-order valence-electron chi connectivity index (χ4n) is 4.28. The Hall–Kier alpha value is -3.31. The number of aromatic amines is 1. The van der Waals surface area contributed by atoms with E-state index in [4.69, 9.17) is 11.6 Å². The molecule has 1 aliphatic heterocycles. The molecule has 8 nitrogen and oxygen atoms in total. The van der Waals surface area contributed by atoms with Gasteiger partial charge in [0.15, 0.2) is 11.6 Å². The maximum Gasteiger partial charge on any atom is 0.263 e. The maximum absolute atomic E-state index is 15.5. The summed E-state index contributed by atoms with van der Waals surface area (Å²) in [6.07, 6.45) is 7.26. The lowest BCUT2D eigenvalue weighted by molar-refractivity contribution is 0.427. The van der Waals surface area contributed by atoms with Crippen molar-refractivity contribution in [3.05, 3.63) is 76.7 Å². The molecule has 0 saturated carbocycles. The minimum atomic E-state index is -4.20. The number of benzene rings is 1. The molecule has 34 heavy (non-hydrogen) atoms. The van der Waals surface area contributed by atoms with Crippen LogP contribution in [-0.2, 0) is 23.0 Å². The number of aromatic nitrogens is 5. The summed E-state index contributed by atoms with van der Waals surface area (Å²) < 4.78 is 60.2. The van der Waals surface area contributed by atoms with Gasteiger partial charge in [-0.1, -0.05) is 11.6 Å². The largest absolute Gasteiger partial charge is 0.343 e. The van der Waals surface area contributed by atoms with Gasteiger partial charge in [0, 0.05) is 42.3 Å². The molecule has 0 fully saturated rings. The zero-order valence-corrected chi connectivity index (χ0v) is 19.5. The number of sulfonamides is 1. The highest BCUT2D eigenvalue weighted by molar-refractivity contribution is 7.92. The van der Waals surface area contributed by atoms with Crippen molar-refractivity contribution < 1.29 is 17.2 Å². The number of aryl methyl sites for hydroxylation is 1. The minimum absolute atomic E-state index is 0.124. The summed E-state index contributed by atoms with van der Waals surface area (Å²) in [6.45, 7) is 1.80. The summed E-state index contributed by atoms with van der Waals surface area (Å²) in [5.41, 5.74) is 1.32. The zero-order valence-electron chi connectivity index (χ0n) is 17.9. The van der Waals surface area contributed by atoms with E-state index in [1.54, 1.807) is 18.7 Å². The molecular weight excluding hydrogens is 486 g/mol. The SMILES string of the molecule is Cc1ncc(Cl)cc1S(=O)(=O)Nc1ccc(F)c([C@@H]2CCc3c(-c4ncc[nH]4)ncn3C2)c1F. The highest BCUT2D eigenvalue weighted by Crippen LogP contribution is 2.37. The smallest absolute Gasteiger partial charge is 0.263 e. The van der Waals surface area contributed by atoms with Crippen molar-refractivity contribution in [2.24, 2.45) is 0 Å². The summed E-state index contributed by atoms with van der Waals surface area (Å²) in [5, 5.41) is 0.124. The third-order valence-electron chi connectivity index (χ3n) is 5.89. The fraction of sp³-hybridized carbons (Fsp3) is 0.227. The molecule has 0 aliphatic carbocycles. The fourth-order valence-corrected chi connectivity index (χ4v) is 5.78. The van der Waals surface area contributed by atoms with Gasteiger partial charge in [-0.25, -0.2) is 27.2 Å². The molecule has 1 atom stereocenters. The third-order valence-corrected chi connectivity index (χ3v) is 7.58. The Morgan fingerprint density at radius 2 is 2.06 bits per heavy atom. The number of hydrogen-bond donors (Lipinski definition) is 2. The van der Waals surface area contributed by atoms with Crippen LogP contribution in [0.4, 0.5) is 14.5 Å². The van der Waals surface area contributed by atoms with E-state index in [9.17, 15) is 12.8 Å². The van der Waals surface area contributed by atoms with Crippen molar-refractivity contribution in [2.45, 2.75) is 37.1 Å². The minimum Gasteiger partial charge on any atom is -0.343 e. The van der Waals surface area contributed by atoms with Crippen LogP contribution < -0.4 is 4.72 Å². The van der Waals surface area contributed by atoms with Crippen LogP contribution in [-0.4, -0.2) is 32.9 Å². The predicted molar refractivity (Wildman–Crippen MR) is 122 cm³/mol. The Bertz CT molecular complexity index is 1490. The summed E-state index contributed by atoms with van der Waals surface area (Å²) in [4.78, 5) is 15.4. The summed E-state index contributed by atoms with van der Waals surface area (Å²) >= 11 is 5.89. The number of imidazole rings is 2. The van der Waals surface area contributed by atoms with Crippen LogP contribution in [0.5, 0.6) is 0 Å². The lowest BCUT2D eigenvalue weighted by atomic mass is 9.89. The van der Waals surface area contributed by atoms with E-state index in [1.807, 2.05) is 4.57 Å². The van der Waals surface area contributed by atoms with E-state index >= 15 is 4.39 Å². The zero-order chi connectivity index (χ0) is 24.0. The Morgan fingerprint density at radius 3 is 2.82 bits per heavy atom. The molecular formula is C22H19ClF2N6O2S. The van der Waals surface area contributed by atoms with E-state index < -0.39 is 27.6 Å². The van der Waals surface area contributed by atoms with Gasteiger partial charge in [0.2, 0.25) is 0 Å². The van der Waals surface area contributed by atoms with Gasteiger partial charge in [0.05, 0.1) is 22.7 Å². The van der Waals surface area contributed by atoms with Gasteiger partial charge in [-0.3, -0.25) is 9.71 Å². The van der Waals surface area contributed by atoms with E-state index in [0.717, 1.165) is 17.8 Å². The number of pyridine rings is 1. The highest BCUT2D eigenvalue weighted by atomic mass is 35.5. The molecule has 4 heterocycles. The normalized spacial score (nSPS) is 15.8. The number of H-pyrrole nitrogens is 1. The van der Waals surface area contributed by atoms with Gasteiger partial charge in [-0.2, -0.15) is 0 Å². The number of nitrogens with zero attached hydrogens (tertiary/aromatic N) is 4. The number of nitrogens with one attached hydrogen (secondary N) is 2. The second-order valence-electron chi connectivity index (χ2n) is 8.03. The molecule has 4 aromatic rings. The predicted octanol–water partition coefficient (Wildman–Crippen LogP) is 4.44. The monoisotopic (exact) mass is 504 g/mol. The van der Waals surface area contributed by atoms with Gasteiger partial charge in [-0.05, 0) is 38.0 Å². The summed E-state index contributed by atoms with van der Waals surface area (Å²) in [5.74, 6) is -1.56. The average molecular weight is 505 g/mol. The number of rotatable bonds is 5. The van der Waals surface area contributed by atoms with Crippen LogP contribution in [0.25, 0.3) is 11.5 Å². The second kappa shape index (κ2) is 8.48. The molecule has 0 unspecified atom stereocenters. The lowest BCUT2D eigenvalue weighted by Gasteiger charge is -2.26. The first kappa shape index (κ1) is 22.5. The molecule has 0 bridgehead atoms. The topological polar surface area (TPSA) is 106 Å².